The first-order valence-corrected chi connectivity index (χ1v) is 14.9. The lowest BCUT2D eigenvalue weighted by Crippen LogP contribution is -2.29. The Balaban J connectivity index is 1.60. The number of carbonyl (C=O) groups excluding carboxylic acids is 2. The van der Waals surface area contributed by atoms with Gasteiger partial charge >= 0.3 is 5.91 Å². The Labute approximate surface area is 248 Å². The van der Waals surface area contributed by atoms with E-state index in [4.69, 9.17) is 21.1 Å². The van der Waals surface area contributed by atoms with Gasteiger partial charge in [0.2, 0.25) is 0 Å². The number of hydrogen-bond acceptors (Lipinski definition) is 7. The molecule has 1 aliphatic heterocycles. The van der Waals surface area contributed by atoms with Crippen LogP contribution in [-0.4, -0.2) is 35.0 Å². The van der Waals surface area contributed by atoms with E-state index >= 15 is 0 Å². The van der Waals surface area contributed by atoms with E-state index in [1.165, 1.54) is 16.2 Å². The Hall–Kier alpha value is -3.88. The number of hydrogen-bond donors (Lipinski definition) is 1. The van der Waals surface area contributed by atoms with Crippen molar-refractivity contribution in [1.29, 1.82) is 0 Å². The molecule has 0 saturated carbocycles. The van der Waals surface area contributed by atoms with Crippen molar-refractivity contribution in [3.8, 4) is 11.5 Å². The van der Waals surface area contributed by atoms with Gasteiger partial charge in [0.25, 0.3) is 5.78 Å². The van der Waals surface area contributed by atoms with Crippen molar-refractivity contribution >= 4 is 55.7 Å². The number of anilines is 1. The number of ketones is 1. The second-order valence-electron chi connectivity index (χ2n) is 9.78. The third-order valence-corrected chi connectivity index (χ3v) is 8.03. The van der Waals surface area contributed by atoms with Gasteiger partial charge in [0.1, 0.15) is 17.3 Å². The third kappa shape index (κ3) is 6.09. The minimum absolute atomic E-state index is 0.0161. The number of aliphatic hydroxyl groups excluding tert-OH is 1. The summed E-state index contributed by atoms with van der Waals surface area (Å²) in [5, 5.41) is 12.4. The fourth-order valence-corrected chi connectivity index (χ4v) is 6.00. The van der Waals surface area contributed by atoms with Crippen LogP contribution in [0.2, 0.25) is 5.02 Å². The molecule has 5 rings (SSSR count). The molecule has 1 amide bonds. The van der Waals surface area contributed by atoms with Crippen molar-refractivity contribution in [2.45, 2.75) is 45.6 Å². The van der Waals surface area contributed by atoms with Crippen molar-refractivity contribution in [1.82, 2.24) is 4.98 Å². The van der Waals surface area contributed by atoms with Gasteiger partial charge in [-0.05, 0) is 73.0 Å². The van der Waals surface area contributed by atoms with Crippen LogP contribution in [0.1, 0.15) is 56.7 Å². The quantitative estimate of drug-likeness (QED) is 0.0825. The van der Waals surface area contributed by atoms with Gasteiger partial charge in [0, 0.05) is 10.6 Å². The molecular formula is C32H31ClN2O5S. The Morgan fingerprint density at radius 2 is 1.73 bits per heavy atom. The van der Waals surface area contributed by atoms with Crippen LogP contribution in [0, 0.1) is 0 Å². The maximum atomic E-state index is 13.6. The summed E-state index contributed by atoms with van der Waals surface area (Å²) in [6.45, 7) is 5.28. The Kier molecular flexibility index (Phi) is 8.90. The van der Waals surface area contributed by atoms with Gasteiger partial charge < -0.3 is 14.6 Å². The number of carbonyl (C=O) groups is 2. The molecule has 1 aliphatic rings. The van der Waals surface area contributed by atoms with Gasteiger partial charge in [0.05, 0.1) is 35.0 Å². The first kappa shape index (κ1) is 28.6. The molecule has 1 saturated heterocycles. The van der Waals surface area contributed by atoms with E-state index in [9.17, 15) is 14.7 Å². The van der Waals surface area contributed by atoms with Crippen molar-refractivity contribution < 1.29 is 24.2 Å². The van der Waals surface area contributed by atoms with Crippen LogP contribution in [0.5, 0.6) is 11.5 Å². The van der Waals surface area contributed by atoms with E-state index in [0.29, 0.717) is 51.5 Å². The Bertz CT molecular complexity index is 1600. The number of thiazole rings is 1. The zero-order chi connectivity index (χ0) is 28.9. The van der Waals surface area contributed by atoms with Crippen molar-refractivity contribution in [2.24, 2.45) is 0 Å². The smallest absolute Gasteiger partial charge is 0.301 e. The number of halogens is 1. The normalized spacial score (nSPS) is 16.5. The topological polar surface area (TPSA) is 89.0 Å². The van der Waals surface area contributed by atoms with Gasteiger partial charge in [0.15, 0.2) is 5.13 Å². The molecule has 1 unspecified atom stereocenters. The highest BCUT2D eigenvalue weighted by molar-refractivity contribution is 7.22. The maximum Gasteiger partial charge on any atom is 0.301 e. The molecule has 1 N–H and O–H groups in total. The fourth-order valence-electron chi connectivity index (χ4n) is 4.74. The fraction of sp³-hybridized carbons (Fsp3) is 0.281. The van der Waals surface area contributed by atoms with Crippen LogP contribution >= 0.6 is 22.9 Å². The Morgan fingerprint density at radius 3 is 2.49 bits per heavy atom. The second-order valence-corrected chi connectivity index (χ2v) is 11.2. The highest BCUT2D eigenvalue weighted by Crippen LogP contribution is 2.45. The number of rotatable bonds is 11. The lowest BCUT2D eigenvalue weighted by atomic mass is 9.95. The summed E-state index contributed by atoms with van der Waals surface area (Å²) < 4.78 is 12.4. The van der Waals surface area contributed by atoms with E-state index in [2.05, 4.69) is 11.9 Å². The Morgan fingerprint density at radius 1 is 0.951 bits per heavy atom. The molecule has 3 aromatic carbocycles. The standard InChI is InChI=1S/C32H31ClN2O5S/c1-3-5-6-17-40-24-9-7-8-21(18-24)28-27(29(36)20-10-13-23(14-11-20)39-16-4-2)30(37)31(38)35(28)32-34-25-15-12-22(33)19-26(25)41-32/h7-15,18-19,28,36H,3-6,16-17H2,1-2H3. The summed E-state index contributed by atoms with van der Waals surface area (Å²) in [5.41, 5.74) is 1.67. The summed E-state index contributed by atoms with van der Waals surface area (Å²) in [4.78, 5) is 33.2. The van der Waals surface area contributed by atoms with E-state index < -0.39 is 17.7 Å². The number of fused-ring (bicyclic) bond motifs is 1. The average molecular weight is 591 g/mol. The van der Waals surface area contributed by atoms with Crippen LogP contribution in [0.25, 0.3) is 16.0 Å². The van der Waals surface area contributed by atoms with Gasteiger partial charge in [-0.2, -0.15) is 0 Å². The first-order chi connectivity index (χ1) is 19.9. The minimum Gasteiger partial charge on any atom is -0.507 e. The number of aliphatic hydroxyl groups is 1. The van der Waals surface area contributed by atoms with E-state index in [1.54, 1.807) is 42.5 Å². The van der Waals surface area contributed by atoms with Crippen molar-refractivity contribution in [3.63, 3.8) is 0 Å². The lowest BCUT2D eigenvalue weighted by molar-refractivity contribution is -0.132. The molecule has 0 spiro atoms. The molecule has 1 aromatic heterocycles. The maximum absolute atomic E-state index is 13.6. The summed E-state index contributed by atoms with van der Waals surface area (Å²) in [5.74, 6) is -0.542. The van der Waals surface area contributed by atoms with Crippen LogP contribution in [-0.2, 0) is 9.59 Å². The SMILES string of the molecule is CCCCCOc1cccc(C2C(=C(O)c3ccc(OCCC)cc3)C(=O)C(=O)N2c2nc3ccc(Cl)cc3s2)c1. The number of benzene rings is 3. The largest absolute Gasteiger partial charge is 0.507 e. The zero-order valence-corrected chi connectivity index (χ0v) is 24.5. The monoisotopic (exact) mass is 590 g/mol. The summed E-state index contributed by atoms with van der Waals surface area (Å²) in [6.07, 6.45) is 3.93. The minimum atomic E-state index is -0.916. The molecular weight excluding hydrogens is 560 g/mol. The summed E-state index contributed by atoms with van der Waals surface area (Å²) in [7, 11) is 0. The zero-order valence-electron chi connectivity index (χ0n) is 22.9. The average Bonchev–Trinajstić information content (AvgIpc) is 3.51. The molecule has 1 fully saturated rings. The molecule has 2 heterocycles. The molecule has 212 valence electrons. The first-order valence-electron chi connectivity index (χ1n) is 13.7. The van der Waals surface area contributed by atoms with Crippen molar-refractivity contribution in [3.05, 3.63) is 88.5 Å². The van der Waals surface area contributed by atoms with Crippen LogP contribution < -0.4 is 14.4 Å². The highest BCUT2D eigenvalue weighted by Gasteiger charge is 2.48. The third-order valence-electron chi connectivity index (χ3n) is 6.78. The number of amides is 1. The van der Waals surface area contributed by atoms with E-state index in [1.807, 2.05) is 31.2 Å². The predicted octanol–water partition coefficient (Wildman–Crippen LogP) is 7.93. The predicted molar refractivity (Wildman–Crippen MR) is 163 cm³/mol. The molecule has 4 aromatic rings. The van der Waals surface area contributed by atoms with Gasteiger partial charge in [-0.25, -0.2) is 4.98 Å². The van der Waals surface area contributed by atoms with Crippen LogP contribution in [0.15, 0.2) is 72.3 Å². The van der Waals surface area contributed by atoms with E-state index in [0.717, 1.165) is 30.4 Å². The number of ether oxygens (including phenoxy) is 2. The molecule has 0 bridgehead atoms. The highest BCUT2D eigenvalue weighted by atomic mass is 35.5. The molecule has 41 heavy (non-hydrogen) atoms. The molecule has 0 radical (unpaired) electrons. The summed E-state index contributed by atoms with van der Waals surface area (Å²) in [6, 6.07) is 18.5. The number of unbranched alkanes of at least 4 members (excludes halogenated alkanes) is 2. The van der Waals surface area contributed by atoms with Crippen LogP contribution in [0.4, 0.5) is 5.13 Å². The number of nitrogens with zero attached hydrogens (tertiary/aromatic N) is 2. The number of aromatic nitrogens is 1. The molecule has 0 aliphatic carbocycles. The molecule has 1 atom stereocenters. The molecule has 7 nitrogen and oxygen atoms in total. The summed E-state index contributed by atoms with van der Waals surface area (Å²) >= 11 is 7.46. The lowest BCUT2D eigenvalue weighted by Gasteiger charge is -2.23. The molecule has 9 heteroatoms. The second kappa shape index (κ2) is 12.7. The van der Waals surface area contributed by atoms with Gasteiger partial charge in [-0.15, -0.1) is 0 Å². The van der Waals surface area contributed by atoms with Gasteiger partial charge in [-0.3, -0.25) is 14.5 Å². The number of Topliss-reactive ketones (excluding diaryl/α,β-unsaturated/α-hetero) is 1. The van der Waals surface area contributed by atoms with Crippen molar-refractivity contribution in [2.75, 3.05) is 18.1 Å². The van der Waals surface area contributed by atoms with Gasteiger partial charge in [-0.1, -0.05) is 61.8 Å². The van der Waals surface area contributed by atoms with Crippen LogP contribution in [0.3, 0.4) is 0 Å². The van der Waals surface area contributed by atoms with E-state index in [-0.39, 0.29) is 11.3 Å².